The Morgan fingerprint density at radius 2 is 2.23 bits per heavy atom. The predicted molar refractivity (Wildman–Crippen MR) is 85.3 cm³/mol. The van der Waals surface area contributed by atoms with Crippen molar-refractivity contribution in [1.29, 1.82) is 0 Å². The molecule has 5 nitrogen and oxygen atoms in total. The van der Waals surface area contributed by atoms with Gasteiger partial charge in [-0.1, -0.05) is 0 Å². The van der Waals surface area contributed by atoms with Crippen LogP contribution in [0.4, 0.5) is 0 Å². The molecule has 1 saturated heterocycles. The van der Waals surface area contributed by atoms with Gasteiger partial charge >= 0.3 is 0 Å². The van der Waals surface area contributed by atoms with Crippen LogP contribution in [-0.2, 0) is 0 Å². The van der Waals surface area contributed by atoms with Gasteiger partial charge in [-0.25, -0.2) is 4.98 Å². The quantitative estimate of drug-likeness (QED) is 0.946. The molecule has 2 aliphatic rings. The second kappa shape index (κ2) is 5.50. The molecule has 1 amide bonds. The van der Waals surface area contributed by atoms with Crippen LogP contribution in [0.3, 0.4) is 0 Å². The third-order valence-electron chi connectivity index (χ3n) is 4.61. The monoisotopic (exact) mass is 316 g/mol. The van der Waals surface area contributed by atoms with E-state index in [1.165, 1.54) is 24.2 Å². The number of likely N-dealkylation sites (tertiary alicyclic amines) is 1. The van der Waals surface area contributed by atoms with E-state index in [0.29, 0.717) is 5.92 Å². The molecule has 0 bridgehead atoms. The molecule has 0 radical (unpaired) electrons. The van der Waals surface area contributed by atoms with E-state index in [2.05, 4.69) is 15.2 Å². The van der Waals surface area contributed by atoms with Crippen LogP contribution in [0.25, 0.3) is 0 Å². The lowest BCUT2D eigenvalue weighted by atomic mass is 9.97. The van der Waals surface area contributed by atoms with Crippen molar-refractivity contribution >= 4 is 17.2 Å². The van der Waals surface area contributed by atoms with Gasteiger partial charge in [-0.3, -0.25) is 9.89 Å². The predicted octanol–water partition coefficient (Wildman–Crippen LogP) is 3.07. The van der Waals surface area contributed by atoms with Crippen molar-refractivity contribution in [1.82, 2.24) is 20.1 Å². The molecule has 2 aromatic heterocycles. The van der Waals surface area contributed by atoms with Crippen LogP contribution in [0.5, 0.6) is 0 Å². The summed E-state index contributed by atoms with van der Waals surface area (Å²) in [6, 6.07) is 2.01. The zero-order chi connectivity index (χ0) is 15.1. The fourth-order valence-corrected chi connectivity index (χ4v) is 4.01. The first kappa shape index (κ1) is 13.9. The van der Waals surface area contributed by atoms with Gasteiger partial charge in [-0.05, 0) is 49.6 Å². The zero-order valence-electron chi connectivity index (χ0n) is 12.7. The number of carbonyl (C=O) groups excluding carboxylic acids is 1. The summed E-state index contributed by atoms with van der Waals surface area (Å²) in [6.07, 6.45) is 4.53. The highest BCUT2D eigenvalue weighted by Gasteiger charge is 2.31. The van der Waals surface area contributed by atoms with E-state index in [-0.39, 0.29) is 11.8 Å². The van der Waals surface area contributed by atoms with Gasteiger partial charge in [0.2, 0.25) is 0 Å². The first-order valence-corrected chi connectivity index (χ1v) is 8.86. The topological polar surface area (TPSA) is 61.9 Å². The fraction of sp³-hybridized carbons (Fsp3) is 0.562. The lowest BCUT2D eigenvalue weighted by Gasteiger charge is -2.31. The van der Waals surface area contributed by atoms with E-state index in [0.717, 1.165) is 48.0 Å². The van der Waals surface area contributed by atoms with Crippen molar-refractivity contribution in [2.24, 2.45) is 0 Å². The maximum atomic E-state index is 12.7. The fourth-order valence-electron chi connectivity index (χ4n) is 3.12. The average Bonchev–Trinajstić information content (AvgIpc) is 3.11. The second-order valence-corrected chi connectivity index (χ2v) is 7.29. The smallest absolute Gasteiger partial charge is 0.264 e. The number of piperidine rings is 1. The Balaban J connectivity index is 1.49. The largest absolute Gasteiger partial charge is 0.337 e. The number of aromatic amines is 1. The van der Waals surface area contributed by atoms with Crippen LogP contribution in [-0.4, -0.2) is 39.1 Å². The first-order chi connectivity index (χ1) is 10.7. The summed E-state index contributed by atoms with van der Waals surface area (Å²) in [7, 11) is 0. The van der Waals surface area contributed by atoms with Gasteiger partial charge in [0.05, 0.1) is 4.88 Å². The molecule has 116 valence electrons. The van der Waals surface area contributed by atoms with Crippen LogP contribution < -0.4 is 0 Å². The molecule has 1 atom stereocenters. The van der Waals surface area contributed by atoms with Gasteiger partial charge in [-0.2, -0.15) is 5.10 Å². The molecule has 2 fully saturated rings. The van der Waals surface area contributed by atoms with Crippen LogP contribution in [0.1, 0.15) is 64.4 Å². The van der Waals surface area contributed by atoms with Gasteiger partial charge in [0.1, 0.15) is 5.82 Å². The van der Waals surface area contributed by atoms with Crippen molar-refractivity contribution in [3.63, 3.8) is 0 Å². The number of thiophene rings is 1. The van der Waals surface area contributed by atoms with Crippen molar-refractivity contribution in [2.75, 3.05) is 13.1 Å². The number of hydrogen-bond acceptors (Lipinski definition) is 4. The Hall–Kier alpha value is -1.69. The van der Waals surface area contributed by atoms with Gasteiger partial charge in [0.15, 0.2) is 5.82 Å². The minimum atomic E-state index is 0.162. The molecule has 3 heterocycles. The molecule has 0 unspecified atom stereocenters. The Morgan fingerprint density at radius 1 is 1.36 bits per heavy atom. The number of aryl methyl sites for hydroxylation is 1. The van der Waals surface area contributed by atoms with Gasteiger partial charge < -0.3 is 4.90 Å². The van der Waals surface area contributed by atoms with Crippen LogP contribution in [0, 0.1) is 6.92 Å². The van der Waals surface area contributed by atoms with E-state index in [4.69, 9.17) is 0 Å². The lowest BCUT2D eigenvalue weighted by Crippen LogP contribution is -2.39. The number of rotatable bonds is 3. The number of aromatic nitrogens is 3. The zero-order valence-corrected chi connectivity index (χ0v) is 13.5. The number of H-pyrrole nitrogens is 1. The number of amides is 1. The van der Waals surface area contributed by atoms with E-state index < -0.39 is 0 Å². The van der Waals surface area contributed by atoms with Crippen molar-refractivity contribution in [3.8, 4) is 0 Å². The standard InChI is InChI=1S/C16H20N4OS/c1-10-6-8-22-13(10)16(21)20-7-2-3-12(9-20)15-17-14(18-19-15)11-4-5-11/h6,8,11-12H,2-5,7,9H2,1H3,(H,17,18,19)/t12-/m1/s1. The number of hydrogen-bond donors (Lipinski definition) is 1. The Bertz CT molecular complexity index is 688. The maximum absolute atomic E-state index is 12.7. The molecule has 0 spiro atoms. The van der Waals surface area contributed by atoms with Crippen molar-refractivity contribution in [2.45, 2.75) is 44.4 Å². The van der Waals surface area contributed by atoms with Crippen LogP contribution >= 0.6 is 11.3 Å². The minimum Gasteiger partial charge on any atom is -0.337 e. The van der Waals surface area contributed by atoms with E-state index in [1.54, 1.807) is 0 Å². The summed E-state index contributed by atoms with van der Waals surface area (Å²) in [5, 5.41) is 9.47. The molecule has 4 rings (SSSR count). The SMILES string of the molecule is Cc1ccsc1C(=O)N1CCC[C@@H](c2n[nH]c(C3CC3)n2)C1. The molecular weight excluding hydrogens is 296 g/mol. The maximum Gasteiger partial charge on any atom is 0.264 e. The van der Waals surface area contributed by atoms with Crippen LogP contribution in [0.2, 0.25) is 0 Å². The molecule has 6 heteroatoms. The number of nitrogens with zero attached hydrogens (tertiary/aromatic N) is 3. The molecule has 1 aliphatic carbocycles. The summed E-state index contributed by atoms with van der Waals surface area (Å²) in [6.45, 7) is 3.58. The van der Waals surface area contributed by atoms with Gasteiger partial charge in [0.25, 0.3) is 5.91 Å². The summed E-state index contributed by atoms with van der Waals surface area (Å²) in [5.41, 5.74) is 1.08. The molecule has 1 saturated carbocycles. The van der Waals surface area contributed by atoms with Crippen LogP contribution in [0.15, 0.2) is 11.4 Å². The summed E-state index contributed by atoms with van der Waals surface area (Å²) >= 11 is 1.54. The molecule has 2 aromatic rings. The Labute approximate surface area is 133 Å². The van der Waals surface area contributed by atoms with Crippen molar-refractivity contribution in [3.05, 3.63) is 33.5 Å². The van der Waals surface area contributed by atoms with E-state index in [1.807, 2.05) is 23.3 Å². The highest BCUT2D eigenvalue weighted by Crippen LogP contribution is 2.38. The van der Waals surface area contributed by atoms with Crippen molar-refractivity contribution < 1.29 is 4.79 Å². The summed E-state index contributed by atoms with van der Waals surface area (Å²) in [4.78, 5) is 20.2. The molecule has 0 aromatic carbocycles. The summed E-state index contributed by atoms with van der Waals surface area (Å²) in [5.74, 6) is 2.95. The molecule has 1 N–H and O–H groups in total. The third-order valence-corrected chi connectivity index (χ3v) is 5.62. The Morgan fingerprint density at radius 3 is 2.95 bits per heavy atom. The highest BCUT2D eigenvalue weighted by atomic mass is 32.1. The third kappa shape index (κ3) is 2.56. The first-order valence-electron chi connectivity index (χ1n) is 7.98. The van der Waals surface area contributed by atoms with E-state index in [9.17, 15) is 4.79 Å². The highest BCUT2D eigenvalue weighted by molar-refractivity contribution is 7.12. The normalized spacial score (nSPS) is 22.0. The average molecular weight is 316 g/mol. The second-order valence-electron chi connectivity index (χ2n) is 6.38. The Kier molecular flexibility index (Phi) is 3.48. The molecular formula is C16H20N4OS. The lowest BCUT2D eigenvalue weighted by molar-refractivity contribution is 0.0709. The van der Waals surface area contributed by atoms with Gasteiger partial charge in [-0.15, -0.1) is 11.3 Å². The van der Waals surface area contributed by atoms with E-state index >= 15 is 0 Å². The molecule has 1 aliphatic heterocycles. The minimum absolute atomic E-state index is 0.162. The summed E-state index contributed by atoms with van der Waals surface area (Å²) < 4.78 is 0. The number of nitrogens with one attached hydrogen (secondary N) is 1. The number of carbonyl (C=O) groups is 1. The molecule has 22 heavy (non-hydrogen) atoms. The van der Waals surface area contributed by atoms with Gasteiger partial charge in [0, 0.05) is 24.9 Å².